The van der Waals surface area contributed by atoms with E-state index in [0.717, 1.165) is 36.4 Å². The van der Waals surface area contributed by atoms with Gasteiger partial charge in [-0.25, -0.2) is 17.2 Å². The van der Waals surface area contributed by atoms with Gasteiger partial charge in [0.1, 0.15) is 11.6 Å². The zero-order valence-corrected chi connectivity index (χ0v) is 11.1. The van der Waals surface area contributed by atoms with E-state index in [2.05, 4.69) is 0 Å². The van der Waals surface area contributed by atoms with Crippen molar-refractivity contribution in [2.75, 3.05) is 4.72 Å². The van der Waals surface area contributed by atoms with Crippen LogP contribution < -0.4 is 4.72 Å². The Bertz CT molecular complexity index is 771. The van der Waals surface area contributed by atoms with Crippen LogP contribution in [0.4, 0.5) is 20.2 Å². The first-order valence-electron chi connectivity index (χ1n) is 5.51. The summed E-state index contributed by atoms with van der Waals surface area (Å²) in [5, 5.41) is 10.5. The minimum Gasteiger partial charge on any atom is -0.279 e. The fourth-order valence-corrected chi connectivity index (χ4v) is 2.61. The summed E-state index contributed by atoms with van der Waals surface area (Å²) in [4.78, 5) is 9.54. The molecule has 2 rings (SSSR count). The molecule has 0 aromatic heterocycles. The second kappa shape index (κ2) is 5.44. The summed E-state index contributed by atoms with van der Waals surface area (Å²) in [5.74, 6) is -1.87. The fourth-order valence-electron chi connectivity index (χ4n) is 1.57. The molecule has 0 bridgehead atoms. The number of nitro benzene ring substituents is 1. The minimum atomic E-state index is -4.10. The Balaban J connectivity index is 2.31. The Labute approximate surface area is 118 Å². The Morgan fingerprint density at radius 3 is 2.00 bits per heavy atom. The molecule has 0 fully saturated rings. The van der Waals surface area contributed by atoms with Crippen molar-refractivity contribution in [1.29, 1.82) is 0 Å². The molecule has 110 valence electrons. The molecule has 9 heteroatoms. The molecule has 0 radical (unpaired) electrons. The lowest BCUT2D eigenvalue weighted by Gasteiger charge is -2.08. The third-order valence-electron chi connectivity index (χ3n) is 2.47. The highest BCUT2D eigenvalue weighted by atomic mass is 32.2. The molecule has 6 nitrogen and oxygen atoms in total. The molecule has 0 aliphatic heterocycles. The molecular weight excluding hydrogens is 306 g/mol. The Morgan fingerprint density at radius 1 is 1.00 bits per heavy atom. The van der Waals surface area contributed by atoms with E-state index >= 15 is 0 Å². The van der Waals surface area contributed by atoms with Gasteiger partial charge in [0, 0.05) is 18.2 Å². The largest absolute Gasteiger partial charge is 0.279 e. The quantitative estimate of drug-likeness (QED) is 0.694. The number of nitrogens with one attached hydrogen (secondary N) is 1. The van der Waals surface area contributed by atoms with Crippen molar-refractivity contribution >= 4 is 21.4 Å². The first kappa shape index (κ1) is 14.9. The average Bonchev–Trinajstić information content (AvgIpc) is 2.37. The van der Waals surface area contributed by atoms with Crippen molar-refractivity contribution in [2.45, 2.75) is 4.90 Å². The maximum absolute atomic E-state index is 13.0. The summed E-state index contributed by atoms with van der Waals surface area (Å²) in [6.45, 7) is 0. The van der Waals surface area contributed by atoms with E-state index in [1.165, 1.54) is 0 Å². The zero-order chi connectivity index (χ0) is 15.6. The summed E-state index contributed by atoms with van der Waals surface area (Å²) in [6, 6.07) is 6.30. The monoisotopic (exact) mass is 314 g/mol. The van der Waals surface area contributed by atoms with Gasteiger partial charge in [0.15, 0.2) is 0 Å². The van der Waals surface area contributed by atoms with Crippen LogP contribution in [0.3, 0.4) is 0 Å². The summed E-state index contributed by atoms with van der Waals surface area (Å²) < 4.78 is 51.9. The highest BCUT2D eigenvalue weighted by molar-refractivity contribution is 7.92. The van der Waals surface area contributed by atoms with Gasteiger partial charge >= 0.3 is 0 Å². The van der Waals surface area contributed by atoms with Gasteiger partial charge in [-0.1, -0.05) is 0 Å². The fraction of sp³-hybridized carbons (Fsp3) is 0. The number of benzene rings is 2. The lowest BCUT2D eigenvalue weighted by molar-refractivity contribution is -0.384. The maximum atomic E-state index is 13.0. The number of hydrogen-bond donors (Lipinski definition) is 1. The topological polar surface area (TPSA) is 89.3 Å². The summed E-state index contributed by atoms with van der Waals surface area (Å²) >= 11 is 0. The van der Waals surface area contributed by atoms with Gasteiger partial charge in [-0.15, -0.1) is 0 Å². The maximum Gasteiger partial charge on any atom is 0.269 e. The SMILES string of the molecule is O=[N+]([O-])c1ccc(S(=O)(=O)Nc2cc(F)cc(F)c2)cc1. The van der Waals surface area contributed by atoms with Gasteiger partial charge in [-0.05, 0) is 24.3 Å². The Kier molecular flexibility index (Phi) is 3.85. The summed E-state index contributed by atoms with van der Waals surface area (Å²) in [5.41, 5.74) is -0.559. The average molecular weight is 314 g/mol. The highest BCUT2D eigenvalue weighted by Gasteiger charge is 2.16. The van der Waals surface area contributed by atoms with Gasteiger partial charge in [-0.2, -0.15) is 0 Å². The van der Waals surface area contributed by atoms with Crippen LogP contribution in [-0.2, 0) is 10.0 Å². The van der Waals surface area contributed by atoms with E-state index in [0.29, 0.717) is 6.07 Å². The van der Waals surface area contributed by atoms with Crippen molar-refractivity contribution < 1.29 is 22.1 Å². The standard InChI is InChI=1S/C12H8F2N2O4S/c13-8-5-9(14)7-10(6-8)15-21(19,20)12-3-1-11(2-4-12)16(17)18/h1-7,15H. The smallest absolute Gasteiger partial charge is 0.269 e. The van der Waals surface area contributed by atoms with Gasteiger partial charge in [0.2, 0.25) is 0 Å². The molecule has 1 N–H and O–H groups in total. The van der Waals surface area contributed by atoms with Gasteiger partial charge in [-0.3, -0.25) is 14.8 Å². The molecule has 0 aliphatic carbocycles. The third-order valence-corrected chi connectivity index (χ3v) is 3.87. The van der Waals surface area contributed by atoms with Crippen molar-refractivity contribution in [1.82, 2.24) is 0 Å². The molecule has 0 unspecified atom stereocenters. The molecule has 0 saturated carbocycles. The number of halogens is 2. The molecule has 2 aromatic rings. The van der Waals surface area contributed by atoms with Crippen LogP contribution in [0.5, 0.6) is 0 Å². The molecule has 0 spiro atoms. The second-order valence-electron chi connectivity index (χ2n) is 4.01. The van der Waals surface area contributed by atoms with E-state index in [1.807, 2.05) is 4.72 Å². The predicted molar refractivity (Wildman–Crippen MR) is 70.3 cm³/mol. The number of non-ortho nitro benzene ring substituents is 1. The molecule has 0 aliphatic rings. The first-order chi connectivity index (χ1) is 9.78. The van der Waals surface area contributed by atoms with Crippen LogP contribution >= 0.6 is 0 Å². The number of nitro groups is 1. The van der Waals surface area contributed by atoms with Crippen molar-refractivity contribution in [3.63, 3.8) is 0 Å². The third kappa shape index (κ3) is 3.51. The van der Waals surface area contributed by atoms with Crippen LogP contribution in [0.1, 0.15) is 0 Å². The Hall–Kier alpha value is -2.55. The number of nitrogens with zero attached hydrogens (tertiary/aromatic N) is 1. The van der Waals surface area contributed by atoms with Crippen LogP contribution in [0, 0.1) is 21.7 Å². The summed E-state index contributed by atoms with van der Waals surface area (Å²) in [6.07, 6.45) is 0. The predicted octanol–water partition coefficient (Wildman–Crippen LogP) is 2.67. The molecule has 0 atom stereocenters. The molecule has 0 saturated heterocycles. The van der Waals surface area contributed by atoms with Crippen molar-refractivity contribution in [3.8, 4) is 0 Å². The second-order valence-corrected chi connectivity index (χ2v) is 5.70. The number of sulfonamides is 1. The van der Waals surface area contributed by atoms with Gasteiger partial charge in [0.25, 0.3) is 15.7 Å². The van der Waals surface area contributed by atoms with E-state index in [-0.39, 0.29) is 16.3 Å². The van der Waals surface area contributed by atoms with E-state index in [1.54, 1.807) is 0 Å². The van der Waals surface area contributed by atoms with Crippen LogP contribution in [0.15, 0.2) is 47.4 Å². The zero-order valence-electron chi connectivity index (χ0n) is 10.3. The summed E-state index contributed by atoms with van der Waals surface area (Å²) in [7, 11) is -4.10. The number of rotatable bonds is 4. The van der Waals surface area contributed by atoms with Crippen LogP contribution in [-0.4, -0.2) is 13.3 Å². The lowest BCUT2D eigenvalue weighted by Crippen LogP contribution is -2.13. The lowest BCUT2D eigenvalue weighted by atomic mass is 10.3. The first-order valence-corrected chi connectivity index (χ1v) is 6.99. The van der Waals surface area contributed by atoms with Crippen molar-refractivity contribution in [2.24, 2.45) is 0 Å². The van der Waals surface area contributed by atoms with E-state index in [4.69, 9.17) is 0 Å². The Morgan fingerprint density at radius 2 is 1.52 bits per heavy atom. The highest BCUT2D eigenvalue weighted by Crippen LogP contribution is 2.20. The normalized spacial score (nSPS) is 11.1. The molecule has 0 heterocycles. The van der Waals surface area contributed by atoms with Crippen LogP contribution in [0.25, 0.3) is 0 Å². The van der Waals surface area contributed by atoms with Crippen molar-refractivity contribution in [3.05, 3.63) is 64.2 Å². The number of hydrogen-bond acceptors (Lipinski definition) is 4. The number of anilines is 1. The minimum absolute atomic E-state index is 0.266. The van der Waals surface area contributed by atoms with Gasteiger partial charge < -0.3 is 0 Å². The molecular formula is C12H8F2N2O4S. The molecule has 0 amide bonds. The molecule has 21 heavy (non-hydrogen) atoms. The van der Waals surface area contributed by atoms with E-state index < -0.39 is 26.6 Å². The van der Waals surface area contributed by atoms with E-state index in [9.17, 15) is 27.3 Å². The molecule has 2 aromatic carbocycles. The van der Waals surface area contributed by atoms with Crippen LogP contribution in [0.2, 0.25) is 0 Å². The van der Waals surface area contributed by atoms with Gasteiger partial charge in [0.05, 0.1) is 15.5 Å².